The molecule has 0 saturated heterocycles. The van der Waals surface area contributed by atoms with Crippen molar-refractivity contribution in [2.45, 2.75) is 0 Å². The predicted octanol–water partition coefficient (Wildman–Crippen LogP) is 3.51. The van der Waals surface area contributed by atoms with E-state index >= 15 is 0 Å². The van der Waals surface area contributed by atoms with Gasteiger partial charge in [-0.1, -0.05) is 12.1 Å². The smallest absolute Gasteiger partial charge is 0.286 e. The van der Waals surface area contributed by atoms with E-state index in [1.54, 1.807) is 12.3 Å². The summed E-state index contributed by atoms with van der Waals surface area (Å²) in [6.07, 6.45) is 3.52. The monoisotopic (exact) mass is 323 g/mol. The average molecular weight is 323 g/mol. The van der Waals surface area contributed by atoms with Crippen molar-refractivity contribution in [3.63, 3.8) is 0 Å². The van der Waals surface area contributed by atoms with Gasteiger partial charge in [-0.05, 0) is 30.0 Å². The van der Waals surface area contributed by atoms with Gasteiger partial charge in [0.1, 0.15) is 11.3 Å². The summed E-state index contributed by atoms with van der Waals surface area (Å²) in [5, 5.41) is 2.56. The summed E-state index contributed by atoms with van der Waals surface area (Å²) in [7, 11) is 3.72. The number of carbonyl (C=O) groups excluding carboxylic acids is 1. The molecule has 0 spiro atoms. The first-order valence-corrected chi connectivity index (χ1v) is 7.90. The van der Waals surface area contributed by atoms with Crippen molar-refractivity contribution >= 4 is 50.8 Å². The van der Waals surface area contributed by atoms with Crippen molar-refractivity contribution in [1.82, 2.24) is 9.88 Å². The number of fused-ring (bicyclic) bond motifs is 3. The number of carbonyl (C=O) groups is 1. The van der Waals surface area contributed by atoms with E-state index in [-0.39, 0.29) is 5.91 Å². The second-order valence-corrected chi connectivity index (χ2v) is 6.42. The summed E-state index contributed by atoms with van der Waals surface area (Å²) in [6, 6.07) is 9.72. The van der Waals surface area contributed by atoms with Crippen LogP contribution in [0, 0.1) is 0 Å². The Morgan fingerprint density at radius 2 is 2.09 bits per heavy atom. The van der Waals surface area contributed by atoms with Gasteiger partial charge in [0.2, 0.25) is 0 Å². The van der Waals surface area contributed by atoms with Crippen LogP contribution in [0.4, 0.5) is 0 Å². The van der Waals surface area contributed by atoms with Crippen LogP contribution in [0.15, 0.2) is 50.8 Å². The number of aliphatic imine (C=N–C) groups is 1. The normalized spacial score (nSPS) is 16.5. The SMILES string of the molecule is CN(C)C1=NC(=O)/C(=C/c2cc3cnc4ccccc4c3o2)S1. The molecule has 0 saturated carbocycles. The van der Waals surface area contributed by atoms with Crippen molar-refractivity contribution in [3.05, 3.63) is 47.2 Å². The molecule has 114 valence electrons. The zero-order valence-electron chi connectivity index (χ0n) is 12.6. The van der Waals surface area contributed by atoms with Crippen LogP contribution in [-0.2, 0) is 4.79 Å². The molecule has 0 bridgehead atoms. The van der Waals surface area contributed by atoms with Gasteiger partial charge < -0.3 is 9.32 Å². The topological polar surface area (TPSA) is 58.7 Å². The summed E-state index contributed by atoms with van der Waals surface area (Å²) in [6.45, 7) is 0. The van der Waals surface area contributed by atoms with Crippen molar-refractivity contribution < 1.29 is 9.21 Å². The Morgan fingerprint density at radius 1 is 1.26 bits per heavy atom. The summed E-state index contributed by atoms with van der Waals surface area (Å²) in [5.41, 5.74) is 1.67. The molecule has 3 aromatic rings. The maximum absolute atomic E-state index is 12.0. The Morgan fingerprint density at radius 3 is 2.87 bits per heavy atom. The number of aromatic nitrogens is 1. The van der Waals surface area contributed by atoms with Crippen molar-refractivity contribution in [2.75, 3.05) is 14.1 Å². The van der Waals surface area contributed by atoms with E-state index in [1.165, 1.54) is 11.8 Å². The Hall–Kier alpha value is -2.60. The van der Waals surface area contributed by atoms with Gasteiger partial charge in [-0.15, -0.1) is 0 Å². The Bertz CT molecular complexity index is 1000. The highest BCUT2D eigenvalue weighted by Crippen LogP contribution is 2.32. The highest BCUT2D eigenvalue weighted by molar-refractivity contribution is 8.18. The van der Waals surface area contributed by atoms with Gasteiger partial charge in [0, 0.05) is 37.1 Å². The van der Waals surface area contributed by atoms with E-state index in [4.69, 9.17) is 4.42 Å². The number of pyridine rings is 1. The molecule has 0 radical (unpaired) electrons. The van der Waals surface area contributed by atoms with E-state index in [1.807, 2.05) is 49.3 Å². The van der Waals surface area contributed by atoms with Crippen LogP contribution in [-0.4, -0.2) is 35.1 Å². The average Bonchev–Trinajstić information content (AvgIpc) is 3.11. The largest absolute Gasteiger partial charge is 0.456 e. The summed E-state index contributed by atoms with van der Waals surface area (Å²) in [4.78, 5) is 22.8. The van der Waals surface area contributed by atoms with E-state index in [0.29, 0.717) is 15.8 Å². The Labute approximate surface area is 136 Å². The molecule has 1 aliphatic rings. The second-order valence-electron chi connectivity index (χ2n) is 5.41. The number of furan rings is 1. The molecule has 6 heteroatoms. The number of para-hydroxylation sites is 1. The molecule has 1 aliphatic heterocycles. The van der Waals surface area contributed by atoms with Gasteiger partial charge in [-0.2, -0.15) is 4.99 Å². The standard InChI is InChI=1S/C17H13N3O2S/c1-20(2)17-19-16(21)14(23-17)8-11-7-10-9-18-13-6-4-3-5-12(13)15(10)22-11/h3-9H,1-2H3/b14-8-. The molecule has 0 atom stereocenters. The molecule has 0 fully saturated rings. The molecule has 1 aromatic carbocycles. The lowest BCUT2D eigenvalue weighted by atomic mass is 10.2. The number of hydrogen-bond donors (Lipinski definition) is 0. The molecule has 2 aromatic heterocycles. The minimum absolute atomic E-state index is 0.234. The second kappa shape index (κ2) is 5.24. The minimum Gasteiger partial charge on any atom is -0.456 e. The first kappa shape index (κ1) is 14.0. The highest BCUT2D eigenvalue weighted by atomic mass is 32.2. The summed E-state index contributed by atoms with van der Waals surface area (Å²) in [5.74, 6) is 0.395. The molecule has 0 N–H and O–H groups in total. The third-order valence-corrected chi connectivity index (χ3v) is 4.69. The third kappa shape index (κ3) is 2.41. The highest BCUT2D eigenvalue weighted by Gasteiger charge is 2.23. The Kier molecular flexibility index (Phi) is 3.20. The molecule has 1 amide bonds. The zero-order valence-corrected chi connectivity index (χ0v) is 13.4. The number of benzene rings is 1. The maximum atomic E-state index is 12.0. The van der Waals surface area contributed by atoms with Crippen LogP contribution >= 0.6 is 11.8 Å². The van der Waals surface area contributed by atoms with Crippen molar-refractivity contribution in [2.24, 2.45) is 4.99 Å². The number of amides is 1. The number of hydrogen-bond acceptors (Lipinski definition) is 5. The number of rotatable bonds is 1. The van der Waals surface area contributed by atoms with Gasteiger partial charge >= 0.3 is 0 Å². The molecule has 0 aliphatic carbocycles. The van der Waals surface area contributed by atoms with E-state index in [0.717, 1.165) is 21.9 Å². The van der Waals surface area contributed by atoms with Gasteiger partial charge in [-0.3, -0.25) is 9.78 Å². The van der Waals surface area contributed by atoms with Gasteiger partial charge in [0.05, 0.1) is 10.4 Å². The maximum Gasteiger partial charge on any atom is 0.286 e. The molecular formula is C17H13N3O2S. The molecule has 3 heterocycles. The van der Waals surface area contributed by atoms with E-state index in [2.05, 4.69) is 9.98 Å². The quantitative estimate of drug-likeness (QED) is 0.641. The lowest BCUT2D eigenvalue weighted by Gasteiger charge is -2.08. The van der Waals surface area contributed by atoms with Gasteiger partial charge in [0.25, 0.3) is 5.91 Å². The van der Waals surface area contributed by atoms with Crippen LogP contribution in [0.2, 0.25) is 0 Å². The van der Waals surface area contributed by atoms with E-state index in [9.17, 15) is 4.79 Å². The van der Waals surface area contributed by atoms with Crippen LogP contribution in [0.25, 0.3) is 27.9 Å². The fourth-order valence-corrected chi connectivity index (χ4v) is 3.25. The van der Waals surface area contributed by atoms with Gasteiger partial charge in [0.15, 0.2) is 5.17 Å². The number of amidine groups is 1. The first-order valence-electron chi connectivity index (χ1n) is 7.09. The lowest BCUT2D eigenvalue weighted by Crippen LogP contribution is -2.16. The molecule has 23 heavy (non-hydrogen) atoms. The molecule has 4 rings (SSSR count). The molecular weight excluding hydrogens is 310 g/mol. The van der Waals surface area contributed by atoms with E-state index < -0.39 is 0 Å². The number of nitrogens with zero attached hydrogens (tertiary/aromatic N) is 3. The summed E-state index contributed by atoms with van der Waals surface area (Å²) < 4.78 is 5.94. The van der Waals surface area contributed by atoms with Crippen LogP contribution in [0.1, 0.15) is 5.76 Å². The predicted molar refractivity (Wildman–Crippen MR) is 93.2 cm³/mol. The van der Waals surface area contributed by atoms with Crippen LogP contribution < -0.4 is 0 Å². The first-order chi connectivity index (χ1) is 11.1. The summed E-state index contributed by atoms with van der Waals surface area (Å²) >= 11 is 1.35. The fraction of sp³-hybridized carbons (Fsp3) is 0.118. The van der Waals surface area contributed by atoms with Crippen LogP contribution in [0.5, 0.6) is 0 Å². The molecule has 5 nitrogen and oxygen atoms in total. The van der Waals surface area contributed by atoms with Crippen molar-refractivity contribution in [1.29, 1.82) is 0 Å². The minimum atomic E-state index is -0.234. The zero-order chi connectivity index (χ0) is 16.0. The fourth-order valence-electron chi connectivity index (χ4n) is 2.44. The van der Waals surface area contributed by atoms with Crippen LogP contribution in [0.3, 0.4) is 0 Å². The lowest BCUT2D eigenvalue weighted by molar-refractivity contribution is -0.113. The number of thioether (sulfide) groups is 1. The Balaban J connectivity index is 1.78. The van der Waals surface area contributed by atoms with Gasteiger partial charge in [-0.25, -0.2) is 0 Å². The molecule has 0 unspecified atom stereocenters. The van der Waals surface area contributed by atoms with Crippen molar-refractivity contribution in [3.8, 4) is 0 Å². The third-order valence-electron chi connectivity index (χ3n) is 3.54.